The van der Waals surface area contributed by atoms with Gasteiger partial charge in [0.1, 0.15) is 0 Å². The van der Waals surface area contributed by atoms with Gasteiger partial charge in [0.2, 0.25) is 5.69 Å². The Kier molecular flexibility index (Phi) is 4.25. The second-order valence-corrected chi connectivity index (χ2v) is 8.89. The van der Waals surface area contributed by atoms with Crippen LogP contribution in [-0.4, -0.2) is 0 Å². The van der Waals surface area contributed by atoms with Crippen molar-refractivity contribution in [2.24, 2.45) is 0 Å². The van der Waals surface area contributed by atoms with Crippen LogP contribution in [0.25, 0.3) is 32.8 Å². The number of nitrogens with zero attached hydrogens (tertiary/aromatic N) is 2. The molecule has 1 aromatic heterocycles. The van der Waals surface area contributed by atoms with E-state index in [1.807, 2.05) is 0 Å². The van der Waals surface area contributed by atoms with E-state index in [0.717, 1.165) is 6.54 Å². The summed E-state index contributed by atoms with van der Waals surface area (Å²) >= 11 is 0. The summed E-state index contributed by atoms with van der Waals surface area (Å²) in [6.07, 6.45) is 2.17. The lowest BCUT2D eigenvalue weighted by molar-refractivity contribution is -0.672. The summed E-state index contributed by atoms with van der Waals surface area (Å²) in [5.74, 6) is 0. The minimum Gasteiger partial charge on any atom is -0.309 e. The summed E-state index contributed by atoms with van der Waals surface area (Å²) in [6.45, 7) is 0.925. The molecular weight excluding hydrogens is 412 g/mol. The normalized spacial score (nSPS) is 12.0. The summed E-state index contributed by atoms with van der Waals surface area (Å²) in [5, 5.41) is 4.97. The molecule has 1 aliphatic heterocycles. The summed E-state index contributed by atoms with van der Waals surface area (Å²) in [6, 6.07) is 43.8. The van der Waals surface area contributed by atoms with Gasteiger partial charge in [0.05, 0.1) is 16.9 Å². The molecule has 2 heteroatoms. The molecule has 0 amide bonds. The lowest BCUT2D eigenvalue weighted by Gasteiger charge is -2.28. The molecule has 0 aliphatic carbocycles. The summed E-state index contributed by atoms with van der Waals surface area (Å²) in [7, 11) is 0. The topological polar surface area (TPSA) is 7.12 Å². The molecule has 2 heterocycles. The highest BCUT2D eigenvalue weighted by Gasteiger charge is 2.27. The predicted octanol–water partition coefficient (Wildman–Crippen LogP) is 7.78. The van der Waals surface area contributed by atoms with Crippen LogP contribution in [0.15, 0.2) is 128 Å². The molecule has 7 rings (SSSR count). The van der Waals surface area contributed by atoms with E-state index < -0.39 is 0 Å². The maximum atomic E-state index is 2.43. The molecule has 0 unspecified atom stereocenters. The number of hydrogen-bond donors (Lipinski definition) is 0. The van der Waals surface area contributed by atoms with Gasteiger partial charge in [0.25, 0.3) is 0 Å². The fourth-order valence-electron chi connectivity index (χ4n) is 5.34. The van der Waals surface area contributed by atoms with Gasteiger partial charge in [0, 0.05) is 34.2 Å². The fraction of sp³-hybridized carbons (Fsp3) is 0.0312. The van der Waals surface area contributed by atoms with Crippen LogP contribution in [0.5, 0.6) is 0 Å². The minimum absolute atomic E-state index is 0.925. The summed E-state index contributed by atoms with van der Waals surface area (Å²) in [5.41, 5.74) is 7.50. The molecule has 0 spiro atoms. The van der Waals surface area contributed by atoms with E-state index in [2.05, 4.69) is 137 Å². The number of hydrogen-bond acceptors (Lipinski definition) is 1. The first-order valence-electron chi connectivity index (χ1n) is 11.7. The molecule has 0 atom stereocenters. The second kappa shape index (κ2) is 7.57. The number of rotatable bonds is 3. The Labute approximate surface area is 199 Å². The average Bonchev–Trinajstić information content (AvgIpc) is 3.27. The zero-order valence-electron chi connectivity index (χ0n) is 18.7. The van der Waals surface area contributed by atoms with Gasteiger partial charge in [-0.05, 0) is 47.2 Å². The van der Waals surface area contributed by atoms with Crippen LogP contribution < -0.4 is 9.47 Å². The summed E-state index contributed by atoms with van der Waals surface area (Å²) < 4.78 is 2.33. The van der Waals surface area contributed by atoms with Gasteiger partial charge in [-0.1, -0.05) is 72.8 Å². The average molecular weight is 436 g/mol. The lowest BCUT2D eigenvalue weighted by Crippen LogP contribution is -2.31. The largest absolute Gasteiger partial charge is 0.309 e. The Bertz CT molecular complexity index is 1610. The number of fused-ring (bicyclic) bond motifs is 5. The van der Waals surface area contributed by atoms with Crippen LogP contribution in [0.2, 0.25) is 0 Å². The highest BCUT2D eigenvalue weighted by atomic mass is 15.1. The second-order valence-electron chi connectivity index (χ2n) is 8.89. The number of aromatic nitrogens is 1. The molecule has 2 nitrogen and oxygen atoms in total. The highest BCUT2D eigenvalue weighted by molar-refractivity contribution is 6.04. The Morgan fingerprint density at radius 1 is 0.559 bits per heavy atom. The predicted molar refractivity (Wildman–Crippen MR) is 141 cm³/mol. The van der Waals surface area contributed by atoms with Crippen molar-refractivity contribution in [3.05, 3.63) is 133 Å². The van der Waals surface area contributed by atoms with Crippen LogP contribution in [0, 0.1) is 0 Å². The quantitative estimate of drug-likeness (QED) is 0.257. The van der Waals surface area contributed by atoms with Gasteiger partial charge >= 0.3 is 0 Å². The van der Waals surface area contributed by atoms with Crippen molar-refractivity contribution in [3.63, 3.8) is 0 Å². The molecule has 0 bridgehead atoms. The third-order valence-corrected chi connectivity index (χ3v) is 6.92. The van der Waals surface area contributed by atoms with Gasteiger partial charge in [-0.15, -0.1) is 0 Å². The van der Waals surface area contributed by atoms with Crippen molar-refractivity contribution in [3.8, 4) is 11.3 Å². The number of pyridine rings is 1. The van der Waals surface area contributed by atoms with Crippen LogP contribution in [0.3, 0.4) is 0 Å². The Morgan fingerprint density at radius 3 is 1.88 bits per heavy atom. The van der Waals surface area contributed by atoms with Gasteiger partial charge in [0.15, 0.2) is 12.7 Å². The molecule has 0 saturated carbocycles. The Balaban J connectivity index is 1.53. The van der Waals surface area contributed by atoms with Gasteiger partial charge in [-0.3, -0.25) is 0 Å². The van der Waals surface area contributed by atoms with Crippen molar-refractivity contribution in [2.45, 2.75) is 6.54 Å². The zero-order chi connectivity index (χ0) is 22.5. The highest BCUT2D eigenvalue weighted by Crippen LogP contribution is 2.43. The van der Waals surface area contributed by atoms with Crippen molar-refractivity contribution in [2.75, 3.05) is 4.90 Å². The molecule has 6 aromatic rings. The van der Waals surface area contributed by atoms with E-state index in [0.29, 0.717) is 0 Å². The molecule has 0 radical (unpaired) electrons. The minimum atomic E-state index is 0.925. The van der Waals surface area contributed by atoms with E-state index in [1.165, 1.54) is 55.4 Å². The third kappa shape index (κ3) is 2.93. The maximum absolute atomic E-state index is 2.43. The van der Waals surface area contributed by atoms with E-state index in [1.54, 1.807) is 0 Å². The molecule has 160 valence electrons. The SMILES string of the molecule is c1cc[n+]2c(c1)-c1cc(N(c3cccc4ccccc34)c3cccc4ccccc34)ccc1C2. The van der Waals surface area contributed by atoms with Crippen molar-refractivity contribution in [1.82, 2.24) is 0 Å². The van der Waals surface area contributed by atoms with Crippen molar-refractivity contribution >= 4 is 38.6 Å². The first-order chi connectivity index (χ1) is 16.9. The fourth-order valence-corrected chi connectivity index (χ4v) is 5.34. The van der Waals surface area contributed by atoms with E-state index in [4.69, 9.17) is 0 Å². The van der Waals surface area contributed by atoms with Crippen molar-refractivity contribution in [1.29, 1.82) is 0 Å². The standard InChI is InChI=1S/C32H23N2/c1-3-13-27-23(9-1)11-7-16-31(27)34(32-17-8-12-24-10-2-4-14-28(24)32)26-19-18-25-22-33-20-6-5-15-30(33)29(25)21-26/h1-21H,22H2/q+1. The molecule has 34 heavy (non-hydrogen) atoms. The zero-order valence-corrected chi connectivity index (χ0v) is 18.7. The van der Waals surface area contributed by atoms with Crippen molar-refractivity contribution < 1.29 is 4.57 Å². The van der Waals surface area contributed by atoms with Crippen LogP contribution in [-0.2, 0) is 6.54 Å². The molecular formula is C32H23N2+. The molecule has 0 saturated heterocycles. The Morgan fingerprint density at radius 2 is 1.18 bits per heavy atom. The lowest BCUT2D eigenvalue weighted by atomic mass is 10.0. The third-order valence-electron chi connectivity index (χ3n) is 6.92. The van der Waals surface area contributed by atoms with E-state index in [9.17, 15) is 0 Å². The first-order valence-corrected chi connectivity index (χ1v) is 11.7. The molecule has 0 fully saturated rings. The van der Waals surface area contributed by atoms with Gasteiger partial charge in [-0.25, -0.2) is 0 Å². The smallest absolute Gasteiger partial charge is 0.213 e. The van der Waals surface area contributed by atoms with Crippen LogP contribution in [0.4, 0.5) is 17.1 Å². The monoisotopic (exact) mass is 435 g/mol. The molecule has 1 aliphatic rings. The van der Waals surface area contributed by atoms with E-state index >= 15 is 0 Å². The molecule has 5 aromatic carbocycles. The van der Waals surface area contributed by atoms with Crippen LogP contribution >= 0.6 is 0 Å². The van der Waals surface area contributed by atoms with Gasteiger partial charge in [-0.2, -0.15) is 4.57 Å². The van der Waals surface area contributed by atoms with Gasteiger partial charge < -0.3 is 4.90 Å². The molecule has 0 N–H and O–H groups in total. The number of anilines is 3. The Hall–Kier alpha value is -4.43. The van der Waals surface area contributed by atoms with Crippen LogP contribution in [0.1, 0.15) is 5.56 Å². The maximum Gasteiger partial charge on any atom is 0.213 e. The first kappa shape index (κ1) is 19.1. The number of benzene rings is 5. The van der Waals surface area contributed by atoms with E-state index in [-0.39, 0.29) is 0 Å². The summed E-state index contributed by atoms with van der Waals surface area (Å²) in [4.78, 5) is 2.43.